The molecule has 30 heavy (non-hydrogen) atoms. The number of fused-ring (bicyclic) bond motifs is 9. The molecule has 6 aromatic rings. The van der Waals surface area contributed by atoms with Crippen LogP contribution in [0.1, 0.15) is 11.1 Å². The first kappa shape index (κ1) is 16.0. The lowest BCUT2D eigenvalue weighted by molar-refractivity contribution is 1.15. The summed E-state index contributed by atoms with van der Waals surface area (Å²) < 4.78 is 2.47. The number of hydrogen-bond donors (Lipinski definition) is 0. The Morgan fingerprint density at radius 3 is 2.30 bits per heavy atom. The van der Waals surface area contributed by atoms with Gasteiger partial charge in [-0.2, -0.15) is 0 Å². The molecule has 0 N–H and O–H groups in total. The van der Waals surface area contributed by atoms with E-state index in [1.165, 1.54) is 60.5 Å². The van der Waals surface area contributed by atoms with Crippen molar-refractivity contribution in [2.45, 2.75) is 6.42 Å². The molecule has 5 aromatic carbocycles. The molecule has 0 atom stereocenters. The lowest BCUT2D eigenvalue weighted by Gasteiger charge is -2.11. The van der Waals surface area contributed by atoms with E-state index >= 15 is 0 Å². The quantitative estimate of drug-likeness (QED) is 0.277. The Balaban J connectivity index is 1.72. The van der Waals surface area contributed by atoms with E-state index in [-0.39, 0.29) is 0 Å². The van der Waals surface area contributed by atoms with Crippen LogP contribution in [0.5, 0.6) is 0 Å². The zero-order valence-electron chi connectivity index (χ0n) is 16.5. The molecule has 0 spiro atoms. The summed E-state index contributed by atoms with van der Waals surface area (Å²) >= 11 is 0. The fraction of sp³-hybridized carbons (Fsp3) is 0.0345. The normalized spacial score (nSPS) is 12.5. The molecule has 0 saturated carbocycles. The molecule has 1 aromatic heterocycles. The summed E-state index contributed by atoms with van der Waals surface area (Å²) in [6.45, 7) is 0. The Hall–Kier alpha value is -3.84. The van der Waals surface area contributed by atoms with Gasteiger partial charge in [0.15, 0.2) is 0 Å². The average molecular weight is 381 g/mol. The van der Waals surface area contributed by atoms with Crippen LogP contribution in [-0.2, 0) is 6.42 Å². The van der Waals surface area contributed by atoms with Crippen molar-refractivity contribution in [1.29, 1.82) is 0 Å². The molecule has 7 rings (SSSR count). The topological polar surface area (TPSA) is 4.93 Å². The van der Waals surface area contributed by atoms with Crippen molar-refractivity contribution in [2.24, 2.45) is 0 Å². The first-order valence-corrected chi connectivity index (χ1v) is 10.5. The molecule has 0 amide bonds. The van der Waals surface area contributed by atoms with Crippen LogP contribution in [0, 0.1) is 0 Å². The summed E-state index contributed by atoms with van der Waals surface area (Å²) in [5.74, 6) is 0. The molecular formula is C29H19N. The highest BCUT2D eigenvalue weighted by Gasteiger charge is 2.25. The van der Waals surface area contributed by atoms with Crippen molar-refractivity contribution in [3.05, 3.63) is 114 Å². The third-order valence-corrected chi connectivity index (χ3v) is 6.61. The molecule has 1 heteroatoms. The van der Waals surface area contributed by atoms with Gasteiger partial charge in [-0.05, 0) is 51.2 Å². The Bertz CT molecular complexity index is 1600. The Morgan fingerprint density at radius 2 is 1.37 bits per heavy atom. The second-order valence-corrected chi connectivity index (χ2v) is 8.17. The van der Waals surface area contributed by atoms with Gasteiger partial charge in [0, 0.05) is 22.9 Å². The number of aromatic nitrogens is 1. The maximum atomic E-state index is 2.47. The van der Waals surface area contributed by atoms with Crippen LogP contribution in [0.15, 0.2) is 103 Å². The molecular weight excluding hydrogens is 362 g/mol. The predicted octanol–water partition coefficient (Wildman–Crippen LogP) is 7.51. The van der Waals surface area contributed by atoms with Gasteiger partial charge >= 0.3 is 0 Å². The van der Waals surface area contributed by atoms with Gasteiger partial charge in [-0.25, -0.2) is 0 Å². The Labute approximate surface area is 174 Å². The van der Waals surface area contributed by atoms with Gasteiger partial charge in [0.25, 0.3) is 0 Å². The zero-order valence-corrected chi connectivity index (χ0v) is 16.5. The summed E-state index contributed by atoms with van der Waals surface area (Å²) in [4.78, 5) is 0. The third kappa shape index (κ3) is 2.02. The molecule has 0 aliphatic heterocycles. The van der Waals surface area contributed by atoms with E-state index in [9.17, 15) is 0 Å². The fourth-order valence-electron chi connectivity index (χ4n) is 5.35. The molecule has 0 fully saturated rings. The monoisotopic (exact) mass is 381 g/mol. The average Bonchev–Trinajstić information content (AvgIpc) is 3.35. The number of nitrogens with zero attached hydrogens (tertiary/aromatic N) is 1. The van der Waals surface area contributed by atoms with Gasteiger partial charge in [0.05, 0.1) is 11.0 Å². The summed E-state index contributed by atoms with van der Waals surface area (Å²) in [7, 11) is 0. The van der Waals surface area contributed by atoms with Crippen LogP contribution in [0.4, 0.5) is 0 Å². The molecule has 0 radical (unpaired) electrons. The smallest absolute Gasteiger partial charge is 0.0582 e. The lowest BCUT2D eigenvalue weighted by Crippen LogP contribution is -1.96. The highest BCUT2D eigenvalue weighted by atomic mass is 15.0. The SMILES string of the molecule is c1ccc(-n2c3ccc4ccccc4c3c3ccc4c(c32)Cc2ccccc2-4)cc1. The standard InChI is InChI=1S/C29H19N/c1-2-10-21(11-3-1)30-27-17-14-19-8-4-7-13-23(19)28(27)25-16-15-24-22-12-6-5-9-20(22)18-26(24)29(25)30/h1-17H,18H2. The number of para-hydroxylation sites is 1. The lowest BCUT2D eigenvalue weighted by atomic mass is 10.00. The molecule has 1 nitrogen and oxygen atoms in total. The minimum Gasteiger partial charge on any atom is -0.309 e. The van der Waals surface area contributed by atoms with Gasteiger partial charge in [0.1, 0.15) is 0 Å². The number of rotatable bonds is 1. The number of benzene rings is 5. The van der Waals surface area contributed by atoms with E-state index in [0.717, 1.165) is 6.42 Å². The maximum absolute atomic E-state index is 2.47. The van der Waals surface area contributed by atoms with E-state index in [0.29, 0.717) is 0 Å². The van der Waals surface area contributed by atoms with E-state index in [1.807, 2.05) is 0 Å². The molecule has 1 aliphatic rings. The van der Waals surface area contributed by atoms with Gasteiger partial charge in [0.2, 0.25) is 0 Å². The molecule has 0 bridgehead atoms. The van der Waals surface area contributed by atoms with Crippen molar-refractivity contribution < 1.29 is 0 Å². The van der Waals surface area contributed by atoms with Crippen LogP contribution < -0.4 is 0 Å². The largest absolute Gasteiger partial charge is 0.309 e. The van der Waals surface area contributed by atoms with Crippen LogP contribution in [0.25, 0.3) is 49.4 Å². The van der Waals surface area contributed by atoms with Gasteiger partial charge in [-0.15, -0.1) is 0 Å². The maximum Gasteiger partial charge on any atom is 0.0582 e. The Kier molecular flexibility index (Phi) is 3.12. The number of hydrogen-bond acceptors (Lipinski definition) is 0. The van der Waals surface area contributed by atoms with Crippen molar-refractivity contribution in [1.82, 2.24) is 4.57 Å². The first-order valence-electron chi connectivity index (χ1n) is 10.5. The predicted molar refractivity (Wildman–Crippen MR) is 127 cm³/mol. The first-order chi connectivity index (χ1) is 14.9. The van der Waals surface area contributed by atoms with Crippen molar-refractivity contribution >= 4 is 32.6 Å². The third-order valence-electron chi connectivity index (χ3n) is 6.61. The molecule has 1 heterocycles. The van der Waals surface area contributed by atoms with Crippen molar-refractivity contribution in [3.63, 3.8) is 0 Å². The van der Waals surface area contributed by atoms with Crippen molar-refractivity contribution in [2.75, 3.05) is 0 Å². The van der Waals surface area contributed by atoms with Crippen LogP contribution >= 0.6 is 0 Å². The second-order valence-electron chi connectivity index (χ2n) is 8.17. The van der Waals surface area contributed by atoms with Gasteiger partial charge in [-0.1, -0.05) is 84.9 Å². The fourth-order valence-corrected chi connectivity index (χ4v) is 5.35. The molecule has 0 unspecified atom stereocenters. The molecule has 1 aliphatic carbocycles. The molecule has 0 saturated heterocycles. The Morgan fingerprint density at radius 1 is 0.567 bits per heavy atom. The van der Waals surface area contributed by atoms with Crippen LogP contribution in [0.3, 0.4) is 0 Å². The summed E-state index contributed by atoms with van der Waals surface area (Å²) in [5, 5.41) is 5.31. The van der Waals surface area contributed by atoms with E-state index in [4.69, 9.17) is 0 Å². The summed E-state index contributed by atoms with van der Waals surface area (Å²) in [6.07, 6.45) is 0.990. The van der Waals surface area contributed by atoms with Crippen molar-refractivity contribution in [3.8, 4) is 16.8 Å². The second kappa shape index (κ2) is 5.84. The van der Waals surface area contributed by atoms with E-state index in [2.05, 4.69) is 108 Å². The highest BCUT2D eigenvalue weighted by molar-refractivity contribution is 6.22. The van der Waals surface area contributed by atoms with Gasteiger partial charge in [-0.3, -0.25) is 0 Å². The van der Waals surface area contributed by atoms with Crippen LogP contribution in [-0.4, -0.2) is 4.57 Å². The summed E-state index contributed by atoms with van der Waals surface area (Å²) in [6, 6.07) is 37.6. The van der Waals surface area contributed by atoms with E-state index < -0.39 is 0 Å². The minimum atomic E-state index is 0.990. The van der Waals surface area contributed by atoms with E-state index in [1.54, 1.807) is 0 Å². The zero-order chi connectivity index (χ0) is 19.7. The summed E-state index contributed by atoms with van der Waals surface area (Å²) in [5.41, 5.74) is 9.47. The van der Waals surface area contributed by atoms with Crippen LogP contribution in [0.2, 0.25) is 0 Å². The minimum absolute atomic E-state index is 0.990. The van der Waals surface area contributed by atoms with Gasteiger partial charge < -0.3 is 4.57 Å². The molecule has 140 valence electrons. The highest BCUT2D eigenvalue weighted by Crippen LogP contribution is 2.45.